The molecule has 2 unspecified atom stereocenters. The highest BCUT2D eigenvalue weighted by Gasteiger charge is 2.24. The molecule has 0 spiro atoms. The number of H-pyrrole nitrogens is 1. The summed E-state index contributed by atoms with van der Waals surface area (Å²) in [4.78, 5) is 19.3. The van der Waals surface area contributed by atoms with E-state index in [4.69, 9.17) is 0 Å². The van der Waals surface area contributed by atoms with Gasteiger partial charge in [-0.25, -0.2) is 4.98 Å². The zero-order valence-electron chi connectivity index (χ0n) is 10.2. The Hall–Kier alpha value is -1.88. The van der Waals surface area contributed by atoms with Gasteiger partial charge in [-0.05, 0) is 30.7 Å². The van der Waals surface area contributed by atoms with E-state index >= 15 is 0 Å². The van der Waals surface area contributed by atoms with Gasteiger partial charge in [-0.15, -0.1) is 0 Å². The summed E-state index contributed by atoms with van der Waals surface area (Å²) < 4.78 is 0. The van der Waals surface area contributed by atoms with Crippen LogP contribution in [-0.4, -0.2) is 35.0 Å². The van der Waals surface area contributed by atoms with E-state index in [0.717, 1.165) is 24.1 Å². The molecule has 2 heterocycles. The van der Waals surface area contributed by atoms with Gasteiger partial charge in [0.25, 0.3) is 5.91 Å². The SMILES string of the molecule is CC1CNCC1NC(=O)c1ccc2nc[nH]c2c1. The lowest BCUT2D eigenvalue weighted by Crippen LogP contribution is -2.39. The van der Waals surface area contributed by atoms with Crippen LogP contribution in [0, 0.1) is 5.92 Å². The Kier molecular flexibility index (Phi) is 2.76. The number of aromatic nitrogens is 2. The number of carbonyl (C=O) groups is 1. The number of rotatable bonds is 2. The molecular formula is C13H16N4O. The molecule has 1 fully saturated rings. The van der Waals surface area contributed by atoms with E-state index < -0.39 is 0 Å². The lowest BCUT2D eigenvalue weighted by molar-refractivity contribution is 0.0933. The van der Waals surface area contributed by atoms with Crippen molar-refractivity contribution < 1.29 is 4.79 Å². The summed E-state index contributed by atoms with van der Waals surface area (Å²) in [6, 6.07) is 5.72. The first-order chi connectivity index (χ1) is 8.74. The zero-order chi connectivity index (χ0) is 12.5. The maximum Gasteiger partial charge on any atom is 0.251 e. The Bertz CT molecular complexity index is 577. The number of nitrogens with zero attached hydrogens (tertiary/aromatic N) is 1. The van der Waals surface area contributed by atoms with Gasteiger partial charge in [0.05, 0.1) is 17.4 Å². The number of fused-ring (bicyclic) bond motifs is 1. The second-order valence-electron chi connectivity index (χ2n) is 4.85. The number of imidazole rings is 1. The fraction of sp³-hybridized carbons (Fsp3) is 0.385. The summed E-state index contributed by atoms with van der Waals surface area (Å²) in [5.41, 5.74) is 2.44. The van der Waals surface area contributed by atoms with E-state index in [-0.39, 0.29) is 11.9 Å². The molecule has 1 amide bonds. The van der Waals surface area contributed by atoms with Crippen LogP contribution in [0.15, 0.2) is 24.5 Å². The molecule has 1 aromatic carbocycles. The minimum absolute atomic E-state index is 0.0212. The number of nitrogens with one attached hydrogen (secondary N) is 3. The van der Waals surface area contributed by atoms with Crippen LogP contribution >= 0.6 is 0 Å². The third kappa shape index (κ3) is 1.97. The van der Waals surface area contributed by atoms with Crippen LogP contribution in [0.4, 0.5) is 0 Å². The van der Waals surface area contributed by atoms with E-state index in [1.165, 1.54) is 0 Å². The summed E-state index contributed by atoms with van der Waals surface area (Å²) >= 11 is 0. The molecule has 1 aromatic heterocycles. The van der Waals surface area contributed by atoms with Crippen molar-refractivity contribution in [3.05, 3.63) is 30.1 Å². The second-order valence-corrected chi connectivity index (χ2v) is 4.85. The fourth-order valence-corrected chi connectivity index (χ4v) is 2.33. The molecule has 2 atom stereocenters. The molecular weight excluding hydrogens is 228 g/mol. The van der Waals surface area contributed by atoms with Crippen LogP contribution in [0.3, 0.4) is 0 Å². The number of benzene rings is 1. The topological polar surface area (TPSA) is 69.8 Å². The normalized spacial score (nSPS) is 23.4. The van der Waals surface area contributed by atoms with Crippen molar-refractivity contribution in [3.63, 3.8) is 0 Å². The van der Waals surface area contributed by atoms with Crippen molar-refractivity contribution in [2.75, 3.05) is 13.1 Å². The average molecular weight is 244 g/mol. The fourth-order valence-electron chi connectivity index (χ4n) is 2.33. The Morgan fingerprint density at radius 1 is 1.44 bits per heavy atom. The minimum Gasteiger partial charge on any atom is -0.348 e. The zero-order valence-corrected chi connectivity index (χ0v) is 10.2. The summed E-state index contributed by atoms with van der Waals surface area (Å²) in [6.07, 6.45) is 1.63. The standard InChI is InChI=1S/C13H16N4O/c1-8-5-14-6-12(8)17-13(18)9-2-3-10-11(4-9)16-7-15-10/h2-4,7-8,12,14H,5-6H2,1H3,(H,15,16)(H,17,18). The molecule has 2 aromatic rings. The number of amides is 1. The highest BCUT2D eigenvalue weighted by atomic mass is 16.1. The molecule has 1 aliphatic rings. The van der Waals surface area contributed by atoms with Crippen molar-refractivity contribution in [2.45, 2.75) is 13.0 Å². The molecule has 0 aliphatic carbocycles. The smallest absolute Gasteiger partial charge is 0.251 e. The third-order valence-corrected chi connectivity index (χ3v) is 3.52. The van der Waals surface area contributed by atoms with Gasteiger partial charge in [0.2, 0.25) is 0 Å². The molecule has 94 valence electrons. The van der Waals surface area contributed by atoms with E-state index in [1.54, 1.807) is 6.33 Å². The highest BCUT2D eigenvalue weighted by Crippen LogP contribution is 2.13. The van der Waals surface area contributed by atoms with Crippen molar-refractivity contribution in [1.82, 2.24) is 20.6 Å². The van der Waals surface area contributed by atoms with Crippen LogP contribution in [0.1, 0.15) is 17.3 Å². The van der Waals surface area contributed by atoms with Gasteiger partial charge in [-0.2, -0.15) is 0 Å². The maximum absolute atomic E-state index is 12.1. The van der Waals surface area contributed by atoms with Crippen molar-refractivity contribution in [1.29, 1.82) is 0 Å². The number of hydrogen-bond acceptors (Lipinski definition) is 3. The average Bonchev–Trinajstić information content (AvgIpc) is 2.98. The highest BCUT2D eigenvalue weighted by molar-refractivity contribution is 5.97. The van der Waals surface area contributed by atoms with Gasteiger partial charge in [0.1, 0.15) is 0 Å². The van der Waals surface area contributed by atoms with Gasteiger partial charge in [0.15, 0.2) is 0 Å². The third-order valence-electron chi connectivity index (χ3n) is 3.52. The quantitative estimate of drug-likeness (QED) is 0.735. The molecule has 0 radical (unpaired) electrons. The minimum atomic E-state index is -0.0212. The lowest BCUT2D eigenvalue weighted by Gasteiger charge is -2.16. The summed E-state index contributed by atoms with van der Waals surface area (Å²) in [5, 5.41) is 6.34. The van der Waals surface area contributed by atoms with E-state index in [1.807, 2.05) is 18.2 Å². The first kappa shape index (κ1) is 11.2. The van der Waals surface area contributed by atoms with Crippen LogP contribution in [0.5, 0.6) is 0 Å². The largest absolute Gasteiger partial charge is 0.348 e. The van der Waals surface area contributed by atoms with Crippen LogP contribution < -0.4 is 10.6 Å². The van der Waals surface area contributed by atoms with E-state index in [0.29, 0.717) is 11.5 Å². The number of aromatic amines is 1. The summed E-state index contributed by atoms with van der Waals surface area (Å²) in [5.74, 6) is 0.455. The summed E-state index contributed by atoms with van der Waals surface area (Å²) in [6.45, 7) is 3.95. The molecule has 18 heavy (non-hydrogen) atoms. The monoisotopic (exact) mass is 244 g/mol. The summed E-state index contributed by atoms with van der Waals surface area (Å²) in [7, 11) is 0. The molecule has 3 N–H and O–H groups in total. The van der Waals surface area contributed by atoms with E-state index in [9.17, 15) is 4.79 Å². The molecule has 1 saturated heterocycles. The van der Waals surface area contributed by atoms with E-state index in [2.05, 4.69) is 27.5 Å². The Morgan fingerprint density at radius 2 is 2.33 bits per heavy atom. The van der Waals surface area contributed by atoms with Gasteiger partial charge in [0, 0.05) is 18.2 Å². The van der Waals surface area contributed by atoms with Gasteiger partial charge in [-0.3, -0.25) is 4.79 Å². The van der Waals surface area contributed by atoms with Crippen molar-refractivity contribution >= 4 is 16.9 Å². The molecule has 1 aliphatic heterocycles. The van der Waals surface area contributed by atoms with Crippen LogP contribution in [0.2, 0.25) is 0 Å². The Morgan fingerprint density at radius 3 is 3.11 bits per heavy atom. The molecule has 0 saturated carbocycles. The maximum atomic E-state index is 12.1. The predicted molar refractivity (Wildman–Crippen MR) is 69.4 cm³/mol. The Labute approximate surface area is 105 Å². The molecule has 5 heteroatoms. The Balaban J connectivity index is 1.78. The van der Waals surface area contributed by atoms with Gasteiger partial charge < -0.3 is 15.6 Å². The second kappa shape index (κ2) is 4.42. The lowest BCUT2D eigenvalue weighted by atomic mass is 10.1. The van der Waals surface area contributed by atoms with Crippen molar-refractivity contribution in [2.24, 2.45) is 5.92 Å². The first-order valence-electron chi connectivity index (χ1n) is 6.19. The molecule has 0 bridgehead atoms. The van der Waals surface area contributed by atoms with Gasteiger partial charge in [-0.1, -0.05) is 6.92 Å². The number of hydrogen-bond donors (Lipinski definition) is 3. The predicted octanol–water partition coefficient (Wildman–Crippen LogP) is 0.901. The first-order valence-corrected chi connectivity index (χ1v) is 6.19. The van der Waals surface area contributed by atoms with Crippen LogP contribution in [0.25, 0.3) is 11.0 Å². The number of carbonyl (C=O) groups excluding carboxylic acids is 1. The van der Waals surface area contributed by atoms with Crippen molar-refractivity contribution in [3.8, 4) is 0 Å². The van der Waals surface area contributed by atoms with Crippen LogP contribution in [-0.2, 0) is 0 Å². The molecule has 3 rings (SSSR count). The molecule has 5 nitrogen and oxygen atoms in total. The van der Waals surface area contributed by atoms with Gasteiger partial charge >= 0.3 is 0 Å².